The van der Waals surface area contributed by atoms with Gasteiger partial charge >= 0.3 is 6.18 Å². The number of rotatable bonds is 4. The Balaban J connectivity index is 1.68. The van der Waals surface area contributed by atoms with Crippen LogP contribution in [-0.2, 0) is 4.79 Å². The topological polar surface area (TPSA) is 55.1 Å². The van der Waals surface area contributed by atoms with Gasteiger partial charge in [0.15, 0.2) is 0 Å². The van der Waals surface area contributed by atoms with Crippen molar-refractivity contribution < 1.29 is 18.0 Å². The van der Waals surface area contributed by atoms with Gasteiger partial charge in [0.1, 0.15) is 0 Å². The number of alkyl halides is 3. The highest BCUT2D eigenvalue weighted by Crippen LogP contribution is 2.41. The third kappa shape index (κ3) is 4.35. The van der Waals surface area contributed by atoms with Crippen LogP contribution in [0.1, 0.15) is 50.0 Å². The smallest absolute Gasteiger partial charge is 0.353 e. The molecule has 3 atom stereocenters. The zero-order valence-electron chi connectivity index (χ0n) is 14.1. The van der Waals surface area contributed by atoms with Crippen molar-refractivity contribution in [2.45, 2.75) is 62.7 Å². The number of fused-ring (bicyclic) bond motifs is 2. The number of benzene rings is 1. The minimum Gasteiger partial charge on any atom is -0.353 e. The third-order valence-corrected chi connectivity index (χ3v) is 5.69. The molecule has 2 aliphatic rings. The Hall–Kier alpha value is -1.56. The van der Waals surface area contributed by atoms with Crippen molar-refractivity contribution in [3.8, 4) is 0 Å². The minimum absolute atomic E-state index is 0.0225. The monoisotopic (exact) mass is 354 g/mol. The Kier molecular flexibility index (Phi) is 5.37. The lowest BCUT2D eigenvalue weighted by atomic mass is 9.67. The van der Waals surface area contributed by atoms with Crippen molar-refractivity contribution in [2.24, 2.45) is 17.6 Å². The van der Waals surface area contributed by atoms with Gasteiger partial charge in [-0.25, -0.2) is 0 Å². The Labute approximate surface area is 146 Å². The number of carbonyl (C=O) groups is 1. The van der Waals surface area contributed by atoms with E-state index in [0.29, 0.717) is 11.8 Å². The fraction of sp³-hybridized carbons (Fsp3) is 0.632. The first-order valence-corrected chi connectivity index (χ1v) is 9.01. The molecule has 1 aromatic rings. The summed E-state index contributed by atoms with van der Waals surface area (Å²) in [5.74, 6) is -1.68. The first-order valence-electron chi connectivity index (χ1n) is 9.01. The maximum atomic E-state index is 13.4. The van der Waals surface area contributed by atoms with Gasteiger partial charge in [-0.2, -0.15) is 13.2 Å². The lowest BCUT2D eigenvalue weighted by Gasteiger charge is -2.45. The number of amides is 1. The van der Waals surface area contributed by atoms with Crippen LogP contribution in [-0.4, -0.2) is 24.2 Å². The molecule has 6 heteroatoms. The average molecular weight is 354 g/mol. The molecule has 3 rings (SSSR count). The quantitative estimate of drug-likeness (QED) is 0.865. The molecule has 2 bridgehead atoms. The normalized spacial score (nSPS) is 30.6. The summed E-state index contributed by atoms with van der Waals surface area (Å²) < 4.78 is 40.3. The molecule has 2 aliphatic carbocycles. The number of nitrogens with one attached hydrogen (secondary N) is 1. The fourth-order valence-corrected chi connectivity index (χ4v) is 4.56. The predicted octanol–water partition coefficient (Wildman–Crippen LogP) is 3.74. The Morgan fingerprint density at radius 3 is 2.32 bits per heavy atom. The van der Waals surface area contributed by atoms with Crippen molar-refractivity contribution in [1.29, 1.82) is 0 Å². The standard InChI is InChI=1S/C19H25F3N2O/c20-19(21,22)16(12-5-2-1-3-6-12)11-17(25)24-18-13-7-4-8-14(18)10-15(23)9-13/h1-3,5-6,13-16,18H,4,7-11,23H2,(H,24,25). The number of carbonyl (C=O) groups excluding carboxylic acids is 1. The summed E-state index contributed by atoms with van der Waals surface area (Å²) in [4.78, 5) is 12.4. The zero-order valence-corrected chi connectivity index (χ0v) is 14.1. The highest BCUT2D eigenvalue weighted by atomic mass is 19.4. The van der Waals surface area contributed by atoms with Crippen molar-refractivity contribution >= 4 is 5.91 Å². The van der Waals surface area contributed by atoms with Crippen molar-refractivity contribution in [3.05, 3.63) is 35.9 Å². The van der Waals surface area contributed by atoms with Crippen molar-refractivity contribution in [3.63, 3.8) is 0 Å². The molecule has 0 spiro atoms. The third-order valence-electron chi connectivity index (χ3n) is 5.69. The van der Waals surface area contributed by atoms with Crippen LogP contribution in [0.2, 0.25) is 0 Å². The Morgan fingerprint density at radius 1 is 1.16 bits per heavy atom. The number of hydrogen-bond donors (Lipinski definition) is 2. The second-order valence-electron chi connectivity index (χ2n) is 7.48. The van der Waals surface area contributed by atoms with Crippen molar-refractivity contribution in [1.82, 2.24) is 5.32 Å². The lowest BCUT2D eigenvalue weighted by Crippen LogP contribution is -2.54. The van der Waals surface area contributed by atoms with Crippen LogP contribution in [0.15, 0.2) is 30.3 Å². The van der Waals surface area contributed by atoms with Crippen LogP contribution in [0, 0.1) is 11.8 Å². The Bertz CT molecular complexity index is 576. The van der Waals surface area contributed by atoms with Crippen LogP contribution < -0.4 is 11.1 Å². The van der Waals surface area contributed by atoms with E-state index in [9.17, 15) is 18.0 Å². The molecule has 0 heterocycles. The first-order chi connectivity index (χ1) is 11.8. The maximum Gasteiger partial charge on any atom is 0.396 e. The largest absolute Gasteiger partial charge is 0.396 e. The molecule has 2 saturated carbocycles. The first kappa shape index (κ1) is 18.2. The molecule has 25 heavy (non-hydrogen) atoms. The van der Waals surface area contributed by atoms with Crippen LogP contribution >= 0.6 is 0 Å². The molecule has 3 nitrogen and oxygen atoms in total. The second-order valence-corrected chi connectivity index (χ2v) is 7.48. The Morgan fingerprint density at radius 2 is 1.76 bits per heavy atom. The molecule has 1 amide bonds. The highest BCUT2D eigenvalue weighted by molar-refractivity contribution is 5.77. The van der Waals surface area contributed by atoms with E-state index in [4.69, 9.17) is 5.73 Å². The van der Waals surface area contributed by atoms with Crippen LogP contribution in [0.4, 0.5) is 13.2 Å². The number of nitrogens with two attached hydrogens (primary N) is 1. The molecular weight excluding hydrogens is 329 g/mol. The summed E-state index contributed by atoms with van der Waals surface area (Å²) in [6.07, 6.45) is -0.193. The van der Waals surface area contributed by atoms with Gasteiger partial charge in [-0.05, 0) is 43.1 Å². The van der Waals surface area contributed by atoms with Gasteiger partial charge in [-0.1, -0.05) is 36.8 Å². The molecule has 3 unspecified atom stereocenters. The SMILES string of the molecule is NC1CC2CCCC(C1)C2NC(=O)CC(c1ccccc1)C(F)(F)F. The highest BCUT2D eigenvalue weighted by Gasteiger charge is 2.44. The summed E-state index contributed by atoms with van der Waals surface area (Å²) >= 11 is 0. The van der Waals surface area contributed by atoms with E-state index >= 15 is 0 Å². The summed E-state index contributed by atoms with van der Waals surface area (Å²) in [5, 5.41) is 2.92. The summed E-state index contributed by atoms with van der Waals surface area (Å²) in [7, 11) is 0. The molecule has 0 saturated heterocycles. The number of hydrogen-bond acceptors (Lipinski definition) is 2. The van der Waals surface area contributed by atoms with Gasteiger partial charge in [-0.15, -0.1) is 0 Å². The van der Waals surface area contributed by atoms with Crippen LogP contribution in [0.5, 0.6) is 0 Å². The predicted molar refractivity (Wildman–Crippen MR) is 89.8 cm³/mol. The molecular formula is C19H25F3N2O. The van der Waals surface area contributed by atoms with Gasteiger partial charge in [0.05, 0.1) is 5.92 Å². The molecule has 1 aromatic carbocycles. The van der Waals surface area contributed by atoms with Gasteiger partial charge in [0, 0.05) is 18.5 Å². The molecule has 2 fully saturated rings. The van der Waals surface area contributed by atoms with E-state index < -0.39 is 24.4 Å². The van der Waals surface area contributed by atoms with Crippen molar-refractivity contribution in [2.75, 3.05) is 0 Å². The zero-order chi connectivity index (χ0) is 18.0. The van der Waals surface area contributed by atoms with E-state index in [0.717, 1.165) is 32.1 Å². The van der Waals surface area contributed by atoms with Gasteiger partial charge in [-0.3, -0.25) is 4.79 Å². The lowest BCUT2D eigenvalue weighted by molar-refractivity contribution is -0.157. The van der Waals surface area contributed by atoms with Gasteiger partial charge < -0.3 is 11.1 Å². The molecule has 0 aliphatic heterocycles. The van der Waals surface area contributed by atoms with E-state index in [-0.39, 0.29) is 17.6 Å². The fourth-order valence-electron chi connectivity index (χ4n) is 4.56. The summed E-state index contributed by atoms with van der Waals surface area (Å²) in [5.41, 5.74) is 6.21. The average Bonchev–Trinajstić information content (AvgIpc) is 2.53. The minimum atomic E-state index is -4.44. The molecule has 3 N–H and O–H groups in total. The summed E-state index contributed by atoms with van der Waals surface area (Å²) in [6.45, 7) is 0. The van der Waals surface area contributed by atoms with Crippen LogP contribution in [0.25, 0.3) is 0 Å². The number of halogens is 3. The second kappa shape index (κ2) is 7.36. The molecule has 138 valence electrons. The van der Waals surface area contributed by atoms with Gasteiger partial charge in [0.25, 0.3) is 0 Å². The molecule has 0 radical (unpaired) electrons. The van der Waals surface area contributed by atoms with E-state index in [1.165, 1.54) is 12.1 Å². The molecule has 0 aromatic heterocycles. The maximum absolute atomic E-state index is 13.4. The van der Waals surface area contributed by atoms with E-state index in [1.54, 1.807) is 18.2 Å². The van der Waals surface area contributed by atoms with E-state index in [1.807, 2.05) is 0 Å². The summed E-state index contributed by atoms with van der Waals surface area (Å²) in [6, 6.07) is 7.79. The van der Waals surface area contributed by atoms with E-state index in [2.05, 4.69) is 5.32 Å². The van der Waals surface area contributed by atoms with Gasteiger partial charge in [0.2, 0.25) is 5.91 Å². The van der Waals surface area contributed by atoms with Crippen LogP contribution in [0.3, 0.4) is 0 Å².